The summed E-state index contributed by atoms with van der Waals surface area (Å²) in [5.74, 6) is 0.243. The fraction of sp³-hybridized carbons (Fsp3) is 0.467. The molecule has 3 rings (SSSR count). The lowest BCUT2D eigenvalue weighted by Crippen LogP contribution is -2.01. The fourth-order valence-electron chi connectivity index (χ4n) is 2.62. The summed E-state index contributed by atoms with van der Waals surface area (Å²) < 4.78 is 0. The van der Waals surface area contributed by atoms with E-state index in [1.54, 1.807) is 10.9 Å². The molecule has 0 bridgehead atoms. The van der Waals surface area contributed by atoms with Crippen LogP contribution in [-0.4, -0.2) is 20.1 Å². The van der Waals surface area contributed by atoms with Crippen molar-refractivity contribution in [2.75, 3.05) is 0 Å². The van der Waals surface area contributed by atoms with E-state index in [0.29, 0.717) is 5.69 Å². The van der Waals surface area contributed by atoms with Gasteiger partial charge in [-0.05, 0) is 49.8 Å². The van der Waals surface area contributed by atoms with E-state index in [1.165, 1.54) is 18.4 Å². The van der Waals surface area contributed by atoms with Crippen molar-refractivity contribution in [1.82, 2.24) is 15.0 Å². The molecule has 1 aliphatic carbocycles. The van der Waals surface area contributed by atoms with Crippen LogP contribution in [0.25, 0.3) is 5.69 Å². The first kappa shape index (κ1) is 12.2. The SMILES string of the molecule is CCCc1ccc(O)c(-n2nc3c(n2)CCCC3)c1. The normalized spacial score (nSPS) is 14.4. The van der Waals surface area contributed by atoms with Gasteiger partial charge < -0.3 is 5.11 Å². The quantitative estimate of drug-likeness (QED) is 0.919. The van der Waals surface area contributed by atoms with Crippen LogP contribution in [0.3, 0.4) is 0 Å². The van der Waals surface area contributed by atoms with Crippen LogP contribution in [0, 0.1) is 0 Å². The third kappa shape index (κ3) is 2.35. The lowest BCUT2D eigenvalue weighted by Gasteiger charge is -2.06. The average Bonchev–Trinajstić information content (AvgIpc) is 2.85. The molecule has 4 heteroatoms. The number of hydrogen-bond donors (Lipinski definition) is 1. The zero-order valence-corrected chi connectivity index (χ0v) is 11.3. The molecule has 0 saturated carbocycles. The maximum Gasteiger partial charge on any atom is 0.143 e. The van der Waals surface area contributed by atoms with Crippen molar-refractivity contribution in [3.8, 4) is 11.4 Å². The van der Waals surface area contributed by atoms with Gasteiger partial charge in [0.25, 0.3) is 0 Å². The van der Waals surface area contributed by atoms with Gasteiger partial charge in [-0.25, -0.2) is 0 Å². The van der Waals surface area contributed by atoms with Crippen molar-refractivity contribution >= 4 is 0 Å². The lowest BCUT2D eigenvalue weighted by molar-refractivity contribution is 0.467. The number of phenols is 1. The number of aromatic hydroxyl groups is 1. The van der Waals surface area contributed by atoms with E-state index >= 15 is 0 Å². The molecule has 0 unspecified atom stereocenters. The fourth-order valence-corrected chi connectivity index (χ4v) is 2.62. The summed E-state index contributed by atoms with van der Waals surface area (Å²) in [6, 6.07) is 5.69. The smallest absolute Gasteiger partial charge is 0.143 e. The Labute approximate surface area is 113 Å². The highest BCUT2D eigenvalue weighted by molar-refractivity contribution is 5.47. The highest BCUT2D eigenvalue weighted by Gasteiger charge is 2.17. The van der Waals surface area contributed by atoms with E-state index in [-0.39, 0.29) is 5.75 Å². The number of rotatable bonds is 3. The Balaban J connectivity index is 2.00. The molecule has 0 saturated heterocycles. The minimum Gasteiger partial charge on any atom is -0.506 e. The molecule has 2 aromatic rings. The minimum absolute atomic E-state index is 0.243. The molecule has 0 aliphatic heterocycles. The lowest BCUT2D eigenvalue weighted by atomic mass is 10.0. The van der Waals surface area contributed by atoms with Crippen molar-refractivity contribution < 1.29 is 5.11 Å². The molecule has 19 heavy (non-hydrogen) atoms. The standard InChI is InChI=1S/C15H19N3O/c1-2-5-11-8-9-15(19)14(10-11)18-16-12-6-3-4-7-13(12)17-18/h8-10,19H,2-7H2,1H3. The third-order valence-corrected chi connectivity index (χ3v) is 3.64. The van der Waals surface area contributed by atoms with E-state index in [1.807, 2.05) is 12.1 Å². The molecular formula is C15H19N3O. The van der Waals surface area contributed by atoms with Gasteiger partial charge >= 0.3 is 0 Å². The van der Waals surface area contributed by atoms with Crippen LogP contribution in [0.15, 0.2) is 18.2 Å². The number of benzene rings is 1. The van der Waals surface area contributed by atoms with E-state index in [2.05, 4.69) is 17.1 Å². The number of phenolic OH excluding ortho intramolecular Hbond substituents is 1. The summed E-state index contributed by atoms with van der Waals surface area (Å²) in [6.07, 6.45) is 6.48. The second-order valence-electron chi connectivity index (χ2n) is 5.16. The van der Waals surface area contributed by atoms with E-state index in [0.717, 1.165) is 37.1 Å². The summed E-state index contributed by atoms with van der Waals surface area (Å²) in [5.41, 5.74) is 4.09. The maximum absolute atomic E-state index is 10.0. The highest BCUT2D eigenvalue weighted by atomic mass is 16.3. The molecular weight excluding hydrogens is 238 g/mol. The Morgan fingerprint density at radius 2 is 1.84 bits per heavy atom. The highest BCUT2D eigenvalue weighted by Crippen LogP contribution is 2.25. The van der Waals surface area contributed by atoms with Gasteiger partial charge in [0, 0.05) is 0 Å². The van der Waals surface area contributed by atoms with Crippen molar-refractivity contribution in [3.05, 3.63) is 35.2 Å². The van der Waals surface area contributed by atoms with Crippen molar-refractivity contribution in [3.63, 3.8) is 0 Å². The van der Waals surface area contributed by atoms with Gasteiger partial charge in [0.05, 0.1) is 11.4 Å². The summed E-state index contributed by atoms with van der Waals surface area (Å²) in [6.45, 7) is 2.15. The molecule has 4 nitrogen and oxygen atoms in total. The monoisotopic (exact) mass is 257 g/mol. The Bertz CT molecular complexity index is 566. The van der Waals surface area contributed by atoms with Crippen molar-refractivity contribution in [2.45, 2.75) is 45.4 Å². The molecule has 1 heterocycles. The van der Waals surface area contributed by atoms with Gasteiger partial charge in [-0.1, -0.05) is 19.4 Å². The van der Waals surface area contributed by atoms with Gasteiger partial charge in [0.1, 0.15) is 11.4 Å². The molecule has 1 aromatic carbocycles. The predicted octanol–water partition coefficient (Wildman–Crippen LogP) is 2.80. The second kappa shape index (κ2) is 5.03. The van der Waals surface area contributed by atoms with Gasteiger partial charge in [-0.2, -0.15) is 10.2 Å². The van der Waals surface area contributed by atoms with Crippen LogP contribution in [0.2, 0.25) is 0 Å². The van der Waals surface area contributed by atoms with Crippen molar-refractivity contribution in [1.29, 1.82) is 0 Å². The summed E-state index contributed by atoms with van der Waals surface area (Å²) >= 11 is 0. The van der Waals surface area contributed by atoms with E-state index < -0.39 is 0 Å². The maximum atomic E-state index is 10.0. The average molecular weight is 257 g/mol. The van der Waals surface area contributed by atoms with Crippen LogP contribution in [0.1, 0.15) is 43.1 Å². The molecule has 100 valence electrons. The van der Waals surface area contributed by atoms with Gasteiger partial charge in [0.15, 0.2) is 0 Å². The molecule has 0 fully saturated rings. The van der Waals surface area contributed by atoms with Crippen LogP contribution >= 0.6 is 0 Å². The summed E-state index contributed by atoms with van der Waals surface area (Å²) in [5, 5.41) is 19.1. The third-order valence-electron chi connectivity index (χ3n) is 3.64. The van der Waals surface area contributed by atoms with Crippen LogP contribution in [-0.2, 0) is 19.3 Å². The number of nitrogens with zero attached hydrogens (tertiary/aromatic N) is 3. The first-order valence-electron chi connectivity index (χ1n) is 7.05. The first-order valence-corrected chi connectivity index (χ1v) is 7.05. The number of hydrogen-bond acceptors (Lipinski definition) is 3. The van der Waals surface area contributed by atoms with E-state index in [4.69, 9.17) is 0 Å². The first-order chi connectivity index (χ1) is 9.28. The molecule has 0 spiro atoms. The minimum atomic E-state index is 0.243. The summed E-state index contributed by atoms with van der Waals surface area (Å²) in [7, 11) is 0. The van der Waals surface area contributed by atoms with E-state index in [9.17, 15) is 5.11 Å². The Morgan fingerprint density at radius 1 is 1.16 bits per heavy atom. The summed E-state index contributed by atoms with van der Waals surface area (Å²) in [4.78, 5) is 1.60. The molecule has 0 radical (unpaired) electrons. The Hall–Kier alpha value is -1.84. The predicted molar refractivity (Wildman–Crippen MR) is 73.7 cm³/mol. The van der Waals surface area contributed by atoms with Gasteiger partial charge in [-0.15, -0.1) is 4.80 Å². The Morgan fingerprint density at radius 3 is 2.47 bits per heavy atom. The molecule has 0 amide bonds. The second-order valence-corrected chi connectivity index (χ2v) is 5.16. The molecule has 1 aliphatic rings. The molecule has 1 N–H and O–H groups in total. The van der Waals surface area contributed by atoms with Crippen LogP contribution < -0.4 is 0 Å². The van der Waals surface area contributed by atoms with Gasteiger partial charge in [-0.3, -0.25) is 0 Å². The van der Waals surface area contributed by atoms with Crippen LogP contribution in [0.5, 0.6) is 5.75 Å². The largest absolute Gasteiger partial charge is 0.506 e. The number of fused-ring (bicyclic) bond motifs is 1. The number of aryl methyl sites for hydroxylation is 3. The number of aromatic nitrogens is 3. The topological polar surface area (TPSA) is 50.9 Å². The molecule has 1 aromatic heterocycles. The zero-order valence-electron chi connectivity index (χ0n) is 11.3. The van der Waals surface area contributed by atoms with Crippen LogP contribution in [0.4, 0.5) is 0 Å². The Kier molecular flexibility index (Phi) is 3.23. The zero-order chi connectivity index (χ0) is 13.2. The van der Waals surface area contributed by atoms with Crippen molar-refractivity contribution in [2.24, 2.45) is 0 Å². The molecule has 0 atom stereocenters. The van der Waals surface area contributed by atoms with Gasteiger partial charge in [0.2, 0.25) is 0 Å².